The number of para-hydroxylation sites is 2. The Labute approximate surface area is 161 Å². The van der Waals surface area contributed by atoms with Crippen LogP contribution in [0.4, 0.5) is 0 Å². The first-order valence-electron chi connectivity index (χ1n) is 8.60. The van der Waals surface area contributed by atoms with E-state index in [-0.39, 0.29) is 12.2 Å². The number of hydrogen-bond donors (Lipinski definition) is 0. The predicted octanol–water partition coefficient (Wildman–Crippen LogP) is 5.39. The van der Waals surface area contributed by atoms with Gasteiger partial charge in [0, 0.05) is 26.5 Å². The highest BCUT2D eigenvalue weighted by atomic mass is 31.1. The van der Waals surface area contributed by atoms with E-state index in [1.807, 2.05) is 74.5 Å². The molecule has 0 aliphatic heterocycles. The molecule has 144 valence electrons. The molecule has 2 aromatic carbocycles. The van der Waals surface area contributed by atoms with Gasteiger partial charge in [0.05, 0.1) is 29.8 Å². The zero-order valence-corrected chi connectivity index (χ0v) is 18.0. The van der Waals surface area contributed by atoms with Crippen molar-refractivity contribution in [1.29, 1.82) is 0 Å². The summed E-state index contributed by atoms with van der Waals surface area (Å²) >= 11 is 0. The number of hydrogen-bond acceptors (Lipinski definition) is 4. The quantitative estimate of drug-likeness (QED) is 0.505. The molecule has 0 saturated carbocycles. The molecule has 0 radical (unpaired) electrons. The van der Waals surface area contributed by atoms with Crippen molar-refractivity contribution in [2.45, 2.75) is 26.1 Å². The first-order chi connectivity index (χ1) is 12.7. The van der Waals surface area contributed by atoms with Crippen molar-refractivity contribution >= 4 is 17.6 Å². The Morgan fingerprint density at radius 1 is 0.654 bits per heavy atom. The van der Waals surface area contributed by atoms with Gasteiger partial charge >= 0.3 is 0 Å². The monoisotopic (exact) mass is 396 g/mol. The molecular weight excluding hydrogens is 366 g/mol. The van der Waals surface area contributed by atoms with E-state index in [1.54, 1.807) is 14.2 Å². The van der Waals surface area contributed by atoms with Crippen LogP contribution in [0.15, 0.2) is 60.7 Å². The summed E-state index contributed by atoms with van der Waals surface area (Å²) in [5.74, 6) is 1.87. The lowest BCUT2D eigenvalue weighted by Gasteiger charge is -2.09. The Bertz CT molecular complexity index is 503. The zero-order chi connectivity index (χ0) is 19.0. The smallest absolute Gasteiger partial charge is 0.122 e. The number of benzene rings is 2. The fourth-order valence-electron chi connectivity index (χ4n) is 1.63. The molecule has 0 bridgehead atoms. The SMILES string of the molecule is COC(C)CPOc1ccccc1.COC(C)CPOc1ccccc1. The molecule has 4 nitrogen and oxygen atoms in total. The fraction of sp³-hybridized carbons (Fsp3) is 0.400. The predicted molar refractivity (Wildman–Crippen MR) is 113 cm³/mol. The van der Waals surface area contributed by atoms with Gasteiger partial charge in [-0.2, -0.15) is 0 Å². The fourth-order valence-corrected chi connectivity index (χ4v) is 3.20. The second-order valence-corrected chi connectivity index (χ2v) is 7.42. The van der Waals surface area contributed by atoms with Gasteiger partial charge in [-0.25, -0.2) is 0 Å². The summed E-state index contributed by atoms with van der Waals surface area (Å²) in [6, 6.07) is 19.7. The van der Waals surface area contributed by atoms with Crippen LogP contribution in [0.5, 0.6) is 11.5 Å². The number of rotatable bonds is 10. The highest BCUT2D eigenvalue weighted by Gasteiger charge is 2.00. The highest BCUT2D eigenvalue weighted by Crippen LogP contribution is 2.21. The van der Waals surface area contributed by atoms with Crippen LogP contribution in [0.1, 0.15) is 13.8 Å². The highest BCUT2D eigenvalue weighted by molar-refractivity contribution is 7.33. The zero-order valence-electron chi connectivity index (χ0n) is 16.0. The van der Waals surface area contributed by atoms with Crippen LogP contribution in [0, 0.1) is 0 Å². The van der Waals surface area contributed by atoms with Gasteiger partial charge in [-0.1, -0.05) is 36.4 Å². The van der Waals surface area contributed by atoms with Crippen molar-refractivity contribution in [1.82, 2.24) is 0 Å². The van der Waals surface area contributed by atoms with Gasteiger partial charge in [0.25, 0.3) is 0 Å². The lowest BCUT2D eigenvalue weighted by molar-refractivity contribution is 0.136. The molecule has 4 atom stereocenters. The van der Waals surface area contributed by atoms with Crippen molar-refractivity contribution in [2.75, 3.05) is 26.5 Å². The van der Waals surface area contributed by atoms with Crippen LogP contribution in [0.2, 0.25) is 0 Å². The lowest BCUT2D eigenvalue weighted by Crippen LogP contribution is -2.07. The summed E-state index contributed by atoms with van der Waals surface area (Å²) < 4.78 is 21.3. The molecule has 0 aromatic heterocycles. The van der Waals surface area contributed by atoms with Crippen LogP contribution < -0.4 is 9.05 Å². The third-order valence-electron chi connectivity index (χ3n) is 3.41. The van der Waals surface area contributed by atoms with Crippen LogP contribution in [0.25, 0.3) is 0 Å². The van der Waals surface area contributed by atoms with Crippen molar-refractivity contribution < 1.29 is 18.5 Å². The van der Waals surface area contributed by atoms with Gasteiger partial charge in [0.15, 0.2) is 0 Å². The molecule has 0 saturated heterocycles. The van der Waals surface area contributed by atoms with Crippen molar-refractivity contribution in [3.8, 4) is 11.5 Å². The molecule has 0 spiro atoms. The summed E-state index contributed by atoms with van der Waals surface area (Å²) in [5, 5.41) is 0. The Balaban J connectivity index is 0.000000260. The summed E-state index contributed by atoms with van der Waals surface area (Å²) in [4.78, 5) is 0. The van der Waals surface area contributed by atoms with E-state index in [1.165, 1.54) is 0 Å². The maximum Gasteiger partial charge on any atom is 0.122 e. The molecule has 0 aliphatic carbocycles. The molecule has 0 fully saturated rings. The van der Waals surface area contributed by atoms with Gasteiger partial charge in [0.2, 0.25) is 0 Å². The standard InChI is InChI=1S/2C10H15O2P/c2*1-9(11-2)8-13-12-10-6-4-3-5-7-10/h2*3-7,9,13H,8H2,1-2H3. The van der Waals surface area contributed by atoms with Gasteiger partial charge in [-0.3, -0.25) is 0 Å². The maximum absolute atomic E-state index is 5.53. The Morgan fingerprint density at radius 2 is 1.00 bits per heavy atom. The average molecular weight is 396 g/mol. The van der Waals surface area contributed by atoms with Crippen molar-refractivity contribution in [2.24, 2.45) is 0 Å². The summed E-state index contributed by atoms with van der Waals surface area (Å²) in [5.41, 5.74) is 0. The minimum atomic E-state index is 0.280. The molecule has 0 amide bonds. The lowest BCUT2D eigenvalue weighted by atomic mass is 10.3. The molecule has 2 aromatic rings. The largest absolute Gasteiger partial charge is 0.477 e. The normalized spacial score (nSPS) is 13.4. The molecular formula is C20H30O4P2. The average Bonchev–Trinajstić information content (AvgIpc) is 2.70. The first kappa shape index (κ1) is 22.9. The van der Waals surface area contributed by atoms with E-state index >= 15 is 0 Å². The van der Waals surface area contributed by atoms with E-state index < -0.39 is 0 Å². The van der Waals surface area contributed by atoms with Gasteiger partial charge in [0.1, 0.15) is 11.5 Å². The molecule has 0 aliphatic rings. The molecule has 4 unspecified atom stereocenters. The first-order valence-corrected chi connectivity index (χ1v) is 10.8. The molecule has 2 rings (SSSR count). The van der Waals surface area contributed by atoms with Crippen molar-refractivity contribution in [3.05, 3.63) is 60.7 Å². The second-order valence-electron chi connectivity index (χ2n) is 5.62. The minimum absolute atomic E-state index is 0.280. The second kappa shape index (κ2) is 14.9. The summed E-state index contributed by atoms with van der Waals surface area (Å²) in [7, 11) is 4.38. The summed E-state index contributed by atoms with van der Waals surface area (Å²) in [6.07, 6.45) is 2.46. The third kappa shape index (κ3) is 11.4. The van der Waals surface area contributed by atoms with E-state index in [4.69, 9.17) is 18.5 Å². The minimum Gasteiger partial charge on any atom is -0.477 e. The molecule has 0 heterocycles. The number of methoxy groups -OCH3 is 2. The van der Waals surface area contributed by atoms with Gasteiger partial charge < -0.3 is 18.5 Å². The van der Waals surface area contributed by atoms with Crippen LogP contribution in [0.3, 0.4) is 0 Å². The van der Waals surface area contributed by atoms with Crippen LogP contribution >= 0.6 is 17.6 Å². The van der Waals surface area contributed by atoms with E-state index in [2.05, 4.69) is 0 Å². The van der Waals surface area contributed by atoms with Gasteiger partial charge in [-0.15, -0.1) is 0 Å². The molecule has 6 heteroatoms. The van der Waals surface area contributed by atoms with E-state index in [9.17, 15) is 0 Å². The maximum atomic E-state index is 5.53. The Morgan fingerprint density at radius 3 is 1.31 bits per heavy atom. The number of ether oxygens (including phenoxy) is 2. The van der Waals surface area contributed by atoms with Crippen LogP contribution in [-0.2, 0) is 9.47 Å². The van der Waals surface area contributed by atoms with Crippen LogP contribution in [-0.4, -0.2) is 38.8 Å². The third-order valence-corrected chi connectivity index (χ3v) is 5.66. The van der Waals surface area contributed by atoms with Gasteiger partial charge in [-0.05, 0) is 38.1 Å². The molecule has 0 N–H and O–H groups in total. The van der Waals surface area contributed by atoms with E-state index in [0.29, 0.717) is 17.6 Å². The van der Waals surface area contributed by atoms with Crippen molar-refractivity contribution in [3.63, 3.8) is 0 Å². The van der Waals surface area contributed by atoms with E-state index in [0.717, 1.165) is 23.8 Å². The Hall–Kier alpha value is -1.18. The topological polar surface area (TPSA) is 36.9 Å². The summed E-state index contributed by atoms with van der Waals surface area (Å²) in [6.45, 7) is 4.09. The Kier molecular flexibility index (Phi) is 13.1. The molecule has 26 heavy (non-hydrogen) atoms.